The van der Waals surface area contributed by atoms with Crippen LogP contribution in [0, 0.1) is 6.92 Å². The number of aliphatic hydroxyl groups is 1. The minimum Gasteiger partial charge on any atom is -0.395 e. The highest BCUT2D eigenvalue weighted by Gasteiger charge is 2.40. The zero-order chi connectivity index (χ0) is 15.7. The summed E-state index contributed by atoms with van der Waals surface area (Å²) < 4.78 is 27.4. The first-order valence-electron chi connectivity index (χ1n) is 7.61. The summed E-state index contributed by atoms with van der Waals surface area (Å²) in [7, 11) is -3.49. The van der Waals surface area contributed by atoms with Gasteiger partial charge in [-0.3, -0.25) is 4.90 Å². The number of aryl methyl sites for hydroxylation is 1. The van der Waals surface area contributed by atoms with Gasteiger partial charge in [0, 0.05) is 31.7 Å². The quantitative estimate of drug-likeness (QED) is 0.843. The van der Waals surface area contributed by atoms with Crippen molar-refractivity contribution in [2.75, 3.05) is 26.2 Å². The largest absolute Gasteiger partial charge is 0.395 e. The highest BCUT2D eigenvalue weighted by Crippen LogP contribution is 2.29. The topological polar surface area (TPSA) is 60.9 Å². The first-order valence-corrected chi connectivity index (χ1v) is 9.05. The summed E-state index contributed by atoms with van der Waals surface area (Å²) in [5, 5.41) is 9.33. The number of sulfonamides is 1. The van der Waals surface area contributed by atoms with Crippen molar-refractivity contribution in [2.45, 2.75) is 30.3 Å². The van der Waals surface area contributed by atoms with Crippen LogP contribution in [0.4, 0.5) is 0 Å². The summed E-state index contributed by atoms with van der Waals surface area (Å²) in [6.07, 6.45) is 4.75. The zero-order valence-electron chi connectivity index (χ0n) is 12.7. The molecule has 0 amide bonds. The molecule has 0 radical (unpaired) electrons. The van der Waals surface area contributed by atoms with Gasteiger partial charge in [0.15, 0.2) is 0 Å². The van der Waals surface area contributed by atoms with Crippen molar-refractivity contribution >= 4 is 10.0 Å². The van der Waals surface area contributed by atoms with Crippen molar-refractivity contribution in [3.05, 3.63) is 42.0 Å². The van der Waals surface area contributed by atoms with Crippen molar-refractivity contribution in [1.29, 1.82) is 0 Å². The third-order valence-electron chi connectivity index (χ3n) is 4.61. The van der Waals surface area contributed by atoms with Gasteiger partial charge in [-0.1, -0.05) is 30.4 Å². The molecule has 5 nitrogen and oxygen atoms in total. The number of hydrogen-bond acceptors (Lipinski definition) is 4. The summed E-state index contributed by atoms with van der Waals surface area (Å²) in [5.74, 6) is 0. The maximum atomic E-state index is 12.9. The highest BCUT2D eigenvalue weighted by atomic mass is 32.2. The van der Waals surface area contributed by atoms with Crippen LogP contribution in [0.5, 0.6) is 0 Å². The van der Waals surface area contributed by atoms with Gasteiger partial charge in [0.1, 0.15) is 0 Å². The van der Waals surface area contributed by atoms with Crippen LogP contribution in [0.25, 0.3) is 0 Å². The Kier molecular flexibility index (Phi) is 4.36. The van der Waals surface area contributed by atoms with E-state index in [0.29, 0.717) is 18.0 Å². The average molecular weight is 322 g/mol. The second kappa shape index (κ2) is 6.12. The van der Waals surface area contributed by atoms with Crippen LogP contribution in [0.3, 0.4) is 0 Å². The lowest BCUT2D eigenvalue weighted by molar-refractivity contribution is -0.0153. The second-order valence-corrected chi connectivity index (χ2v) is 7.89. The molecule has 0 aliphatic carbocycles. The SMILES string of the molecule is Cc1ccccc1S(=O)(=O)N1C/C=C\CN2[C@H](CO)C[C@@H]2C1. The second-order valence-electron chi connectivity index (χ2n) is 5.98. The van der Waals surface area contributed by atoms with Crippen LogP contribution in [0.2, 0.25) is 0 Å². The molecule has 0 aromatic heterocycles. The molecular weight excluding hydrogens is 300 g/mol. The van der Waals surface area contributed by atoms with Gasteiger partial charge in [0.2, 0.25) is 10.0 Å². The third-order valence-corrected chi connectivity index (χ3v) is 6.60. The number of fused-ring (bicyclic) bond motifs is 1. The molecule has 0 spiro atoms. The smallest absolute Gasteiger partial charge is 0.243 e. The van der Waals surface area contributed by atoms with E-state index in [1.807, 2.05) is 31.2 Å². The van der Waals surface area contributed by atoms with Gasteiger partial charge in [0.25, 0.3) is 0 Å². The molecular formula is C16H22N2O3S. The van der Waals surface area contributed by atoms with E-state index in [0.717, 1.165) is 18.5 Å². The first kappa shape index (κ1) is 15.7. The number of hydrogen-bond donors (Lipinski definition) is 1. The summed E-state index contributed by atoms with van der Waals surface area (Å²) >= 11 is 0. The van der Waals surface area contributed by atoms with Crippen molar-refractivity contribution < 1.29 is 13.5 Å². The Labute approximate surface area is 131 Å². The molecule has 6 heteroatoms. The summed E-state index contributed by atoms with van der Waals surface area (Å²) in [4.78, 5) is 2.56. The van der Waals surface area contributed by atoms with Gasteiger partial charge in [-0.05, 0) is 25.0 Å². The molecule has 1 fully saturated rings. The fourth-order valence-corrected chi connectivity index (χ4v) is 4.94. The number of benzene rings is 1. The number of rotatable bonds is 3. The predicted octanol–water partition coefficient (Wildman–Crippen LogP) is 0.991. The monoisotopic (exact) mass is 322 g/mol. The van der Waals surface area contributed by atoms with Gasteiger partial charge >= 0.3 is 0 Å². The molecule has 120 valence electrons. The van der Waals surface area contributed by atoms with E-state index < -0.39 is 10.0 Å². The maximum Gasteiger partial charge on any atom is 0.243 e. The van der Waals surface area contributed by atoms with Crippen molar-refractivity contribution in [1.82, 2.24) is 9.21 Å². The van der Waals surface area contributed by atoms with Crippen molar-refractivity contribution in [3.63, 3.8) is 0 Å². The van der Waals surface area contributed by atoms with Crippen LogP contribution in [0.15, 0.2) is 41.3 Å². The van der Waals surface area contributed by atoms with Crippen LogP contribution in [0.1, 0.15) is 12.0 Å². The molecule has 1 aromatic carbocycles. The Balaban J connectivity index is 1.86. The van der Waals surface area contributed by atoms with Gasteiger partial charge in [0.05, 0.1) is 11.5 Å². The Morgan fingerprint density at radius 1 is 1.23 bits per heavy atom. The van der Waals surface area contributed by atoms with Gasteiger partial charge in [-0.2, -0.15) is 4.31 Å². The normalized spacial score (nSPS) is 28.3. The van der Waals surface area contributed by atoms with Crippen LogP contribution < -0.4 is 0 Å². The lowest BCUT2D eigenvalue weighted by Gasteiger charge is -2.49. The molecule has 2 heterocycles. The van der Waals surface area contributed by atoms with E-state index in [-0.39, 0.29) is 18.7 Å². The van der Waals surface area contributed by atoms with Crippen LogP contribution in [-0.4, -0.2) is 61.1 Å². The minimum absolute atomic E-state index is 0.134. The molecule has 2 atom stereocenters. The van der Waals surface area contributed by atoms with E-state index in [2.05, 4.69) is 4.90 Å². The molecule has 2 aliphatic heterocycles. The fraction of sp³-hybridized carbons (Fsp3) is 0.500. The molecule has 1 aromatic rings. The highest BCUT2D eigenvalue weighted by molar-refractivity contribution is 7.89. The molecule has 22 heavy (non-hydrogen) atoms. The maximum absolute atomic E-state index is 12.9. The average Bonchev–Trinajstić information content (AvgIpc) is 2.46. The number of nitrogens with zero attached hydrogens (tertiary/aromatic N) is 2. The number of aliphatic hydroxyl groups excluding tert-OH is 1. The molecule has 0 unspecified atom stereocenters. The van der Waals surface area contributed by atoms with E-state index in [1.54, 1.807) is 16.4 Å². The van der Waals surface area contributed by atoms with Crippen LogP contribution >= 0.6 is 0 Å². The molecule has 3 rings (SSSR count). The summed E-state index contributed by atoms with van der Waals surface area (Å²) in [5.41, 5.74) is 0.771. The Hall–Kier alpha value is -1.21. The molecule has 1 N–H and O–H groups in total. The first-order chi connectivity index (χ1) is 10.5. The van der Waals surface area contributed by atoms with Gasteiger partial charge in [-0.25, -0.2) is 8.42 Å². The molecule has 0 saturated carbocycles. The Bertz CT molecular complexity index is 672. The van der Waals surface area contributed by atoms with Crippen molar-refractivity contribution in [3.8, 4) is 0 Å². The van der Waals surface area contributed by atoms with Crippen molar-refractivity contribution in [2.24, 2.45) is 0 Å². The van der Waals surface area contributed by atoms with Gasteiger partial charge in [-0.15, -0.1) is 0 Å². The standard InChI is InChI=1S/C16H22N2O3S/c1-13-6-2-3-7-16(13)22(20,21)17-8-4-5-9-18-14(11-17)10-15(18)12-19/h2-7,14-15,19H,8-12H2,1H3/b5-4-/t14-,15+/m1/s1. The molecule has 2 aliphatic rings. The summed E-state index contributed by atoms with van der Waals surface area (Å²) in [6, 6.07) is 7.46. The Morgan fingerprint density at radius 2 is 1.95 bits per heavy atom. The molecule has 1 saturated heterocycles. The van der Waals surface area contributed by atoms with Crippen LogP contribution in [-0.2, 0) is 10.0 Å². The fourth-order valence-electron chi connectivity index (χ4n) is 3.28. The summed E-state index contributed by atoms with van der Waals surface area (Å²) in [6.45, 7) is 3.63. The predicted molar refractivity (Wildman–Crippen MR) is 85.1 cm³/mol. The van der Waals surface area contributed by atoms with E-state index in [9.17, 15) is 13.5 Å². The van der Waals surface area contributed by atoms with E-state index >= 15 is 0 Å². The van der Waals surface area contributed by atoms with E-state index in [1.165, 1.54) is 0 Å². The Morgan fingerprint density at radius 3 is 2.68 bits per heavy atom. The molecule has 0 bridgehead atoms. The van der Waals surface area contributed by atoms with E-state index in [4.69, 9.17) is 0 Å². The minimum atomic E-state index is -3.49. The lowest BCUT2D eigenvalue weighted by Crippen LogP contribution is -2.62. The lowest BCUT2D eigenvalue weighted by atomic mass is 9.92. The zero-order valence-corrected chi connectivity index (χ0v) is 13.5. The van der Waals surface area contributed by atoms with Gasteiger partial charge < -0.3 is 5.11 Å². The third kappa shape index (κ3) is 2.72.